The predicted octanol–water partition coefficient (Wildman–Crippen LogP) is 5.20. The summed E-state index contributed by atoms with van der Waals surface area (Å²) in [4.78, 5) is 27.2. The molecule has 0 fully saturated rings. The fraction of sp³-hybridized carbons (Fsp3) is 0.120. The second-order valence-corrected chi connectivity index (χ2v) is 8.04. The quantitative estimate of drug-likeness (QED) is 0.378. The number of halogens is 1. The molecule has 33 heavy (non-hydrogen) atoms. The largest absolute Gasteiger partial charge is 0.360 e. The van der Waals surface area contributed by atoms with Gasteiger partial charge in [-0.05, 0) is 48.7 Å². The molecule has 3 heterocycles. The number of aromatic nitrogens is 4. The van der Waals surface area contributed by atoms with E-state index in [0.29, 0.717) is 27.7 Å². The average molecular weight is 457 g/mol. The number of nitrogens with zero attached hydrogens (tertiary/aromatic N) is 4. The van der Waals surface area contributed by atoms with Crippen molar-refractivity contribution in [3.05, 3.63) is 94.0 Å². The van der Waals surface area contributed by atoms with Gasteiger partial charge in [0.1, 0.15) is 5.52 Å². The molecule has 0 amide bonds. The van der Waals surface area contributed by atoms with E-state index in [2.05, 4.69) is 25.6 Å². The van der Waals surface area contributed by atoms with E-state index >= 15 is 0 Å². The van der Waals surface area contributed by atoms with Crippen LogP contribution in [0, 0.1) is 0 Å². The van der Waals surface area contributed by atoms with Gasteiger partial charge < -0.3 is 10.6 Å². The van der Waals surface area contributed by atoms with E-state index in [1.165, 1.54) is 0 Å². The van der Waals surface area contributed by atoms with Crippen molar-refractivity contribution in [2.24, 2.45) is 0 Å². The minimum absolute atomic E-state index is 0.172. The van der Waals surface area contributed by atoms with Crippen LogP contribution in [-0.4, -0.2) is 26.6 Å². The monoisotopic (exact) mass is 456 g/mol. The first-order valence-electron chi connectivity index (χ1n) is 10.5. The first-order valence-corrected chi connectivity index (χ1v) is 10.9. The van der Waals surface area contributed by atoms with Crippen molar-refractivity contribution in [3.63, 3.8) is 0 Å². The van der Waals surface area contributed by atoms with Crippen molar-refractivity contribution < 1.29 is 0 Å². The van der Waals surface area contributed by atoms with Gasteiger partial charge in [-0.3, -0.25) is 14.3 Å². The van der Waals surface area contributed by atoms with Gasteiger partial charge in [0, 0.05) is 24.6 Å². The van der Waals surface area contributed by atoms with Gasteiger partial charge in [0.15, 0.2) is 5.82 Å². The summed E-state index contributed by atoms with van der Waals surface area (Å²) < 4.78 is 1.70. The first-order chi connectivity index (χ1) is 16.1. The zero-order chi connectivity index (χ0) is 22.9. The first kappa shape index (κ1) is 20.9. The standard InChI is InChI=1S/C25H21ClN6O/c1-15(29-23-22-19(12-7-13-28-22)30-25(27-2)31-23)20-14-16-8-6-11-18(26)21(16)24(33)32(20)17-9-4-3-5-10-17/h3-15H,1-2H3,(H2,27,29,30,31). The molecule has 2 N–H and O–H groups in total. The Labute approximate surface area is 195 Å². The molecule has 5 rings (SSSR count). The highest BCUT2D eigenvalue weighted by molar-refractivity contribution is 6.35. The molecule has 0 spiro atoms. The number of rotatable bonds is 5. The molecule has 2 aromatic carbocycles. The molecule has 0 aliphatic rings. The highest BCUT2D eigenvalue weighted by Crippen LogP contribution is 2.28. The molecule has 0 saturated carbocycles. The molecule has 164 valence electrons. The number of nitrogens with one attached hydrogen (secondary N) is 2. The summed E-state index contributed by atoms with van der Waals surface area (Å²) in [6.45, 7) is 1.99. The topological polar surface area (TPSA) is 84.7 Å². The Morgan fingerprint density at radius 2 is 1.82 bits per heavy atom. The molecule has 1 atom stereocenters. The zero-order valence-electron chi connectivity index (χ0n) is 18.1. The molecule has 3 aromatic heterocycles. The maximum Gasteiger partial charge on any atom is 0.264 e. The van der Waals surface area contributed by atoms with Crippen molar-refractivity contribution in [2.45, 2.75) is 13.0 Å². The smallest absolute Gasteiger partial charge is 0.264 e. The van der Waals surface area contributed by atoms with Crippen LogP contribution < -0.4 is 16.2 Å². The molecule has 0 saturated heterocycles. The second-order valence-electron chi connectivity index (χ2n) is 7.63. The van der Waals surface area contributed by atoms with Crippen LogP contribution in [0.2, 0.25) is 5.02 Å². The van der Waals surface area contributed by atoms with Crippen LogP contribution in [0.1, 0.15) is 18.7 Å². The van der Waals surface area contributed by atoms with Gasteiger partial charge in [-0.1, -0.05) is 41.9 Å². The van der Waals surface area contributed by atoms with Crippen LogP contribution in [-0.2, 0) is 0 Å². The van der Waals surface area contributed by atoms with E-state index in [1.54, 1.807) is 23.9 Å². The molecule has 8 heteroatoms. The van der Waals surface area contributed by atoms with E-state index in [-0.39, 0.29) is 11.6 Å². The molecule has 0 aliphatic heterocycles. The van der Waals surface area contributed by atoms with Crippen molar-refractivity contribution in [1.29, 1.82) is 0 Å². The minimum atomic E-state index is -0.286. The van der Waals surface area contributed by atoms with E-state index in [0.717, 1.165) is 22.3 Å². The SMILES string of the molecule is CNc1nc(NC(C)c2cc3cccc(Cl)c3c(=O)n2-c2ccccc2)c2ncccc2n1. The van der Waals surface area contributed by atoms with Crippen molar-refractivity contribution in [1.82, 2.24) is 19.5 Å². The third kappa shape index (κ3) is 3.76. The van der Waals surface area contributed by atoms with E-state index < -0.39 is 0 Å². The summed E-state index contributed by atoms with van der Waals surface area (Å²) in [6, 6.07) is 20.4. The lowest BCUT2D eigenvalue weighted by atomic mass is 10.1. The lowest BCUT2D eigenvalue weighted by Gasteiger charge is -2.22. The third-order valence-electron chi connectivity index (χ3n) is 5.51. The van der Waals surface area contributed by atoms with E-state index in [9.17, 15) is 4.79 Å². The molecule has 5 aromatic rings. The van der Waals surface area contributed by atoms with Crippen LogP contribution >= 0.6 is 11.6 Å². The molecule has 0 bridgehead atoms. The second kappa shape index (κ2) is 8.52. The Hall–Kier alpha value is -3.97. The van der Waals surface area contributed by atoms with Crippen LogP contribution in [0.3, 0.4) is 0 Å². The number of hydrogen-bond acceptors (Lipinski definition) is 6. The Balaban J connectivity index is 1.71. The lowest BCUT2D eigenvalue weighted by Crippen LogP contribution is -2.26. The van der Waals surface area contributed by atoms with Crippen LogP contribution in [0.25, 0.3) is 27.5 Å². The Morgan fingerprint density at radius 3 is 2.61 bits per heavy atom. The lowest BCUT2D eigenvalue weighted by molar-refractivity contribution is 0.774. The number of para-hydroxylation sites is 1. The number of benzene rings is 2. The van der Waals surface area contributed by atoms with Crippen molar-refractivity contribution >= 4 is 45.2 Å². The van der Waals surface area contributed by atoms with Crippen molar-refractivity contribution in [3.8, 4) is 5.69 Å². The maximum absolute atomic E-state index is 13.6. The molecule has 7 nitrogen and oxygen atoms in total. The molecule has 1 unspecified atom stereocenters. The minimum Gasteiger partial charge on any atom is -0.360 e. The van der Waals surface area contributed by atoms with Gasteiger partial charge in [-0.25, -0.2) is 4.98 Å². The number of pyridine rings is 2. The highest BCUT2D eigenvalue weighted by Gasteiger charge is 2.19. The van der Waals surface area contributed by atoms with Gasteiger partial charge in [0.05, 0.1) is 22.0 Å². The van der Waals surface area contributed by atoms with Crippen LogP contribution in [0.4, 0.5) is 11.8 Å². The maximum atomic E-state index is 13.6. The van der Waals surface area contributed by atoms with Gasteiger partial charge in [0.2, 0.25) is 5.95 Å². The highest BCUT2D eigenvalue weighted by atomic mass is 35.5. The molecular weight excluding hydrogens is 436 g/mol. The summed E-state index contributed by atoms with van der Waals surface area (Å²) in [5, 5.41) is 8.14. The predicted molar refractivity (Wildman–Crippen MR) is 133 cm³/mol. The Kier molecular flexibility index (Phi) is 5.40. The zero-order valence-corrected chi connectivity index (χ0v) is 18.8. The third-order valence-corrected chi connectivity index (χ3v) is 5.83. The van der Waals surface area contributed by atoms with E-state index in [4.69, 9.17) is 11.6 Å². The fourth-order valence-electron chi connectivity index (χ4n) is 3.96. The normalized spacial score (nSPS) is 12.1. The summed E-state index contributed by atoms with van der Waals surface area (Å²) >= 11 is 6.42. The average Bonchev–Trinajstić information content (AvgIpc) is 2.84. The Morgan fingerprint density at radius 1 is 1.00 bits per heavy atom. The number of fused-ring (bicyclic) bond motifs is 2. The fourth-order valence-corrected chi connectivity index (χ4v) is 4.22. The summed E-state index contributed by atoms with van der Waals surface area (Å²) in [6.07, 6.45) is 1.71. The summed E-state index contributed by atoms with van der Waals surface area (Å²) in [7, 11) is 1.77. The molecule has 0 aliphatic carbocycles. The van der Waals surface area contributed by atoms with Gasteiger partial charge >= 0.3 is 0 Å². The van der Waals surface area contributed by atoms with Gasteiger partial charge in [-0.2, -0.15) is 4.98 Å². The van der Waals surface area contributed by atoms with E-state index in [1.807, 2.05) is 67.6 Å². The molecule has 0 radical (unpaired) electrons. The summed E-state index contributed by atoms with van der Waals surface area (Å²) in [5.41, 5.74) is 2.73. The number of hydrogen-bond donors (Lipinski definition) is 2. The summed E-state index contributed by atoms with van der Waals surface area (Å²) in [5.74, 6) is 1.06. The van der Waals surface area contributed by atoms with Crippen LogP contribution in [0.15, 0.2) is 77.7 Å². The van der Waals surface area contributed by atoms with Gasteiger partial charge in [0.25, 0.3) is 5.56 Å². The Bertz CT molecular complexity index is 1530. The van der Waals surface area contributed by atoms with Crippen molar-refractivity contribution in [2.75, 3.05) is 17.7 Å². The van der Waals surface area contributed by atoms with Gasteiger partial charge in [-0.15, -0.1) is 0 Å². The van der Waals surface area contributed by atoms with Crippen LogP contribution in [0.5, 0.6) is 0 Å². The molecular formula is C25H21ClN6O. The number of anilines is 2.